The molecule has 0 aliphatic rings. The predicted octanol–water partition coefficient (Wildman–Crippen LogP) is 3.37. The lowest BCUT2D eigenvalue weighted by Crippen LogP contribution is -2.26. The van der Waals surface area contributed by atoms with Crippen LogP contribution in [0.15, 0.2) is 30.3 Å². The Bertz CT molecular complexity index is 687. The van der Waals surface area contributed by atoms with Crippen molar-refractivity contribution in [3.63, 3.8) is 0 Å². The molecule has 2 rings (SSSR count). The number of carbonyl (C=O) groups excluding carboxylic acids is 2. The number of carbonyl (C=O) groups is 2. The van der Waals surface area contributed by atoms with E-state index in [4.69, 9.17) is 0 Å². The van der Waals surface area contributed by atoms with Crippen molar-refractivity contribution in [2.45, 2.75) is 33.7 Å². The molecule has 4 heteroatoms. The fourth-order valence-electron chi connectivity index (χ4n) is 2.75. The molecule has 4 nitrogen and oxygen atoms in total. The molecule has 0 radical (unpaired) electrons. The molecular weight excluding hydrogens is 276 g/mol. The number of rotatable bonds is 6. The molecule has 0 fully saturated rings. The van der Waals surface area contributed by atoms with Crippen LogP contribution >= 0.6 is 0 Å². The maximum Gasteiger partial charge on any atom is 0.193 e. The van der Waals surface area contributed by atoms with Gasteiger partial charge in [0.05, 0.1) is 12.2 Å². The van der Waals surface area contributed by atoms with Crippen LogP contribution in [0.5, 0.6) is 0 Å². The lowest BCUT2D eigenvalue weighted by molar-refractivity contribution is 0.0982. The van der Waals surface area contributed by atoms with Crippen molar-refractivity contribution in [1.29, 1.82) is 0 Å². The van der Waals surface area contributed by atoms with Crippen molar-refractivity contribution in [2.24, 2.45) is 0 Å². The first-order valence-electron chi connectivity index (χ1n) is 7.43. The summed E-state index contributed by atoms with van der Waals surface area (Å²) < 4.78 is 0. The minimum absolute atomic E-state index is 0.0177. The zero-order chi connectivity index (χ0) is 16.3. The second-order valence-corrected chi connectivity index (χ2v) is 5.62. The molecule has 1 aromatic heterocycles. The molecule has 2 aromatic rings. The number of aryl methyl sites for hydroxylation is 1. The Morgan fingerprint density at radius 1 is 1.18 bits per heavy atom. The van der Waals surface area contributed by atoms with E-state index >= 15 is 0 Å². The summed E-state index contributed by atoms with van der Waals surface area (Å²) in [5, 5.41) is 3.23. The van der Waals surface area contributed by atoms with Gasteiger partial charge >= 0.3 is 0 Å². The minimum Gasteiger partial charge on any atom is -0.355 e. The van der Waals surface area contributed by atoms with Gasteiger partial charge in [-0.25, -0.2) is 0 Å². The van der Waals surface area contributed by atoms with Gasteiger partial charge in [0, 0.05) is 17.3 Å². The maximum absolute atomic E-state index is 12.4. The molecule has 0 aliphatic heterocycles. The summed E-state index contributed by atoms with van der Waals surface area (Å²) in [6, 6.07) is 10.1. The maximum atomic E-state index is 12.4. The Balaban J connectivity index is 2.07. The predicted molar refractivity (Wildman–Crippen MR) is 87.5 cm³/mol. The van der Waals surface area contributed by atoms with Gasteiger partial charge < -0.3 is 10.3 Å². The molecule has 0 saturated heterocycles. The third-order valence-corrected chi connectivity index (χ3v) is 3.94. The summed E-state index contributed by atoms with van der Waals surface area (Å²) >= 11 is 0. The van der Waals surface area contributed by atoms with Crippen LogP contribution in [0.4, 0.5) is 0 Å². The van der Waals surface area contributed by atoms with Gasteiger partial charge in [0.25, 0.3) is 0 Å². The standard InChI is InChI=1S/C18H22N2O2/c1-11-17(14(4)21)13(3)20-18(11)16(22)10-19-12(2)15-8-6-5-7-9-15/h5-9,12,19-20H,10H2,1-4H3/t12-/m0/s1. The summed E-state index contributed by atoms with van der Waals surface area (Å²) in [5.41, 5.74) is 3.78. The molecule has 0 unspecified atom stereocenters. The summed E-state index contributed by atoms with van der Waals surface area (Å²) in [7, 11) is 0. The molecule has 1 heterocycles. The minimum atomic E-state index is -0.0316. The van der Waals surface area contributed by atoms with Crippen molar-refractivity contribution in [3.8, 4) is 0 Å². The van der Waals surface area contributed by atoms with Crippen molar-refractivity contribution < 1.29 is 9.59 Å². The molecular formula is C18H22N2O2. The Labute approximate surface area is 130 Å². The van der Waals surface area contributed by atoms with Crippen molar-refractivity contribution >= 4 is 11.6 Å². The Morgan fingerprint density at radius 2 is 1.82 bits per heavy atom. The van der Waals surface area contributed by atoms with Gasteiger partial charge in [-0.1, -0.05) is 30.3 Å². The van der Waals surface area contributed by atoms with E-state index in [1.165, 1.54) is 6.92 Å². The van der Waals surface area contributed by atoms with Gasteiger partial charge in [-0.15, -0.1) is 0 Å². The van der Waals surface area contributed by atoms with Crippen LogP contribution in [-0.2, 0) is 0 Å². The molecule has 0 aliphatic carbocycles. The Kier molecular flexibility index (Phi) is 4.93. The third-order valence-electron chi connectivity index (χ3n) is 3.94. The second kappa shape index (κ2) is 6.71. The number of ketones is 2. The number of Topliss-reactive ketones (excluding diaryl/α,β-unsaturated/α-hetero) is 2. The summed E-state index contributed by atoms with van der Waals surface area (Å²) in [5.74, 6) is -0.0493. The average Bonchev–Trinajstić information content (AvgIpc) is 2.80. The number of nitrogens with one attached hydrogen (secondary N) is 2. The first-order valence-corrected chi connectivity index (χ1v) is 7.43. The third kappa shape index (κ3) is 3.34. The summed E-state index contributed by atoms with van der Waals surface area (Å²) in [4.78, 5) is 27.1. The number of aromatic amines is 1. The number of benzene rings is 1. The van der Waals surface area contributed by atoms with E-state index in [0.717, 1.165) is 16.8 Å². The van der Waals surface area contributed by atoms with Crippen molar-refractivity contribution in [1.82, 2.24) is 10.3 Å². The van der Waals surface area contributed by atoms with E-state index < -0.39 is 0 Å². The lowest BCUT2D eigenvalue weighted by atomic mass is 10.0. The number of H-pyrrole nitrogens is 1. The Hall–Kier alpha value is -2.20. The number of aromatic nitrogens is 1. The molecule has 0 spiro atoms. The van der Waals surface area contributed by atoms with E-state index in [-0.39, 0.29) is 24.2 Å². The zero-order valence-corrected chi connectivity index (χ0v) is 13.5. The monoisotopic (exact) mass is 298 g/mol. The quantitative estimate of drug-likeness (QED) is 0.804. The summed E-state index contributed by atoms with van der Waals surface area (Å²) in [6.07, 6.45) is 0. The normalized spacial score (nSPS) is 12.2. The molecule has 22 heavy (non-hydrogen) atoms. The zero-order valence-electron chi connectivity index (χ0n) is 13.5. The first kappa shape index (κ1) is 16.2. The van der Waals surface area contributed by atoms with Crippen LogP contribution in [0.1, 0.15) is 57.6 Å². The molecule has 1 atom stereocenters. The first-order chi connectivity index (χ1) is 10.4. The molecule has 2 N–H and O–H groups in total. The van der Waals surface area contributed by atoms with E-state index in [2.05, 4.69) is 10.3 Å². The van der Waals surface area contributed by atoms with E-state index in [1.807, 2.05) is 51.1 Å². The smallest absolute Gasteiger partial charge is 0.193 e. The topological polar surface area (TPSA) is 62.0 Å². The molecule has 0 amide bonds. The molecule has 116 valence electrons. The highest BCUT2D eigenvalue weighted by atomic mass is 16.1. The highest BCUT2D eigenvalue weighted by Crippen LogP contribution is 2.19. The van der Waals surface area contributed by atoms with Crippen LogP contribution in [0.3, 0.4) is 0 Å². The SMILES string of the molecule is CC(=O)c1c(C)[nH]c(C(=O)CN[C@@H](C)c2ccccc2)c1C. The highest BCUT2D eigenvalue weighted by Gasteiger charge is 2.19. The van der Waals surface area contributed by atoms with Crippen LogP contribution in [0.25, 0.3) is 0 Å². The van der Waals surface area contributed by atoms with Gasteiger partial charge in [-0.2, -0.15) is 0 Å². The van der Waals surface area contributed by atoms with Gasteiger partial charge in [0.15, 0.2) is 11.6 Å². The van der Waals surface area contributed by atoms with Crippen LogP contribution in [0, 0.1) is 13.8 Å². The van der Waals surface area contributed by atoms with Crippen LogP contribution in [-0.4, -0.2) is 23.1 Å². The highest BCUT2D eigenvalue weighted by molar-refractivity contribution is 6.03. The van der Waals surface area contributed by atoms with Crippen LogP contribution in [0.2, 0.25) is 0 Å². The van der Waals surface area contributed by atoms with Gasteiger partial charge in [0.2, 0.25) is 0 Å². The number of hydrogen-bond donors (Lipinski definition) is 2. The van der Waals surface area contributed by atoms with E-state index in [1.54, 1.807) is 0 Å². The van der Waals surface area contributed by atoms with Crippen molar-refractivity contribution in [3.05, 3.63) is 58.4 Å². The lowest BCUT2D eigenvalue weighted by Gasteiger charge is -2.13. The van der Waals surface area contributed by atoms with Gasteiger partial charge in [-0.05, 0) is 38.8 Å². The van der Waals surface area contributed by atoms with Gasteiger partial charge in [-0.3, -0.25) is 9.59 Å². The molecule has 0 saturated carbocycles. The van der Waals surface area contributed by atoms with Crippen LogP contribution < -0.4 is 5.32 Å². The second-order valence-electron chi connectivity index (χ2n) is 5.62. The van der Waals surface area contributed by atoms with Gasteiger partial charge in [0.1, 0.15) is 0 Å². The summed E-state index contributed by atoms with van der Waals surface area (Å²) in [6.45, 7) is 7.41. The molecule has 0 bridgehead atoms. The van der Waals surface area contributed by atoms with Crippen molar-refractivity contribution in [2.75, 3.05) is 6.54 Å². The molecule has 1 aromatic carbocycles. The fraction of sp³-hybridized carbons (Fsp3) is 0.333. The Morgan fingerprint density at radius 3 is 2.36 bits per heavy atom. The number of hydrogen-bond acceptors (Lipinski definition) is 3. The fourth-order valence-corrected chi connectivity index (χ4v) is 2.75. The van der Waals surface area contributed by atoms with E-state index in [0.29, 0.717) is 11.3 Å². The average molecular weight is 298 g/mol. The largest absolute Gasteiger partial charge is 0.355 e. The van der Waals surface area contributed by atoms with E-state index in [9.17, 15) is 9.59 Å².